The van der Waals surface area contributed by atoms with Crippen molar-refractivity contribution in [3.05, 3.63) is 76.8 Å². The molecule has 2 aromatic carbocycles. The smallest absolute Gasteiger partial charge is 0.295 e. The van der Waals surface area contributed by atoms with Crippen LogP contribution in [0.15, 0.2) is 75.2 Å². The lowest BCUT2D eigenvalue weighted by Gasteiger charge is -2.08. The minimum atomic E-state index is -0.569. The minimum absolute atomic E-state index is 0.244. The largest absolute Gasteiger partial charge is 0.411 e. The highest BCUT2D eigenvalue weighted by molar-refractivity contribution is 8.00. The van der Waals surface area contributed by atoms with E-state index in [-0.39, 0.29) is 22.4 Å². The molecule has 2 N–H and O–H groups in total. The van der Waals surface area contributed by atoms with Crippen molar-refractivity contribution in [2.24, 2.45) is 7.05 Å². The summed E-state index contributed by atoms with van der Waals surface area (Å²) in [6.45, 7) is 3.52. The lowest BCUT2D eigenvalue weighted by molar-refractivity contribution is -0.115. The lowest BCUT2D eigenvalue weighted by atomic mass is 10.2. The number of H-pyrrole nitrogens is 1. The summed E-state index contributed by atoms with van der Waals surface area (Å²) in [7, 11) is 1.78. The molecule has 0 saturated carbocycles. The molecule has 5 aromatic rings. The summed E-state index contributed by atoms with van der Waals surface area (Å²) in [5, 5.41) is 11.7. The van der Waals surface area contributed by atoms with Crippen LogP contribution in [0.1, 0.15) is 12.6 Å². The number of carbonyl (C=O) groups is 1. The highest BCUT2D eigenvalue weighted by Crippen LogP contribution is 2.31. The number of hydrogen-bond donors (Lipinski definition) is 2. The Hall–Kier alpha value is -4.05. The number of nitrogens with one attached hydrogen (secondary N) is 2. The van der Waals surface area contributed by atoms with E-state index in [2.05, 4.69) is 20.5 Å². The highest BCUT2D eigenvalue weighted by atomic mass is 32.2. The third-order valence-corrected chi connectivity index (χ3v) is 6.61. The Morgan fingerprint density at radius 1 is 1.12 bits per heavy atom. The summed E-state index contributed by atoms with van der Waals surface area (Å²) in [5.41, 5.74) is 3.09. The van der Waals surface area contributed by atoms with Crippen LogP contribution in [0.5, 0.6) is 0 Å². The standard InChI is InChI=1S/C24H22N6O3S/c1-14-20(23(32)30(29(14)3)16-9-5-4-6-10-16)26-21(31)15(2)34-24-28-27-22(33-24)18-13-25-19-12-8-7-11-17(18)19/h4-13,15,25H,1-3H3,(H,26,31). The molecule has 10 heteroatoms. The van der Waals surface area contributed by atoms with Crippen molar-refractivity contribution in [2.75, 3.05) is 5.32 Å². The molecule has 1 atom stereocenters. The Labute approximate surface area is 198 Å². The predicted molar refractivity (Wildman–Crippen MR) is 131 cm³/mol. The topological polar surface area (TPSA) is 111 Å². The first kappa shape index (κ1) is 21.8. The number of aromatic amines is 1. The molecule has 1 amide bonds. The van der Waals surface area contributed by atoms with Gasteiger partial charge in [0.25, 0.3) is 16.7 Å². The van der Waals surface area contributed by atoms with E-state index in [4.69, 9.17) is 4.42 Å². The molecule has 1 unspecified atom stereocenters. The summed E-state index contributed by atoms with van der Waals surface area (Å²) in [4.78, 5) is 29.1. The number of para-hydroxylation sites is 2. The number of hydrogen-bond acceptors (Lipinski definition) is 6. The van der Waals surface area contributed by atoms with Crippen molar-refractivity contribution in [3.8, 4) is 17.1 Å². The van der Waals surface area contributed by atoms with Crippen LogP contribution in [0.2, 0.25) is 0 Å². The number of rotatable bonds is 6. The third kappa shape index (κ3) is 3.81. The zero-order valence-corrected chi connectivity index (χ0v) is 19.6. The van der Waals surface area contributed by atoms with Crippen molar-refractivity contribution in [1.29, 1.82) is 0 Å². The maximum Gasteiger partial charge on any atom is 0.295 e. The predicted octanol–water partition coefficient (Wildman–Crippen LogP) is 4.14. The molecule has 0 aliphatic rings. The Morgan fingerprint density at radius 3 is 2.65 bits per heavy atom. The van der Waals surface area contributed by atoms with Gasteiger partial charge < -0.3 is 14.7 Å². The van der Waals surface area contributed by atoms with Crippen molar-refractivity contribution < 1.29 is 9.21 Å². The lowest BCUT2D eigenvalue weighted by Crippen LogP contribution is -2.27. The molecule has 5 rings (SSSR count). The second-order valence-electron chi connectivity index (χ2n) is 7.81. The number of carbonyl (C=O) groups excluding carboxylic acids is 1. The first-order valence-electron chi connectivity index (χ1n) is 10.7. The SMILES string of the molecule is Cc1c(NC(=O)C(C)Sc2nnc(-c3c[nH]c4ccccc34)o2)c(=O)n(-c2ccccc2)n1C. The second-order valence-corrected chi connectivity index (χ2v) is 9.10. The van der Waals surface area contributed by atoms with E-state index in [1.54, 1.807) is 25.6 Å². The molecule has 0 fully saturated rings. The Morgan fingerprint density at radius 2 is 1.85 bits per heavy atom. The molecule has 0 radical (unpaired) electrons. The maximum atomic E-state index is 13.0. The molecule has 0 aliphatic carbocycles. The van der Waals surface area contributed by atoms with Crippen LogP contribution in [0.25, 0.3) is 28.0 Å². The quantitative estimate of drug-likeness (QED) is 0.358. The van der Waals surface area contributed by atoms with E-state index in [9.17, 15) is 9.59 Å². The van der Waals surface area contributed by atoms with Gasteiger partial charge in [-0.2, -0.15) is 0 Å². The fourth-order valence-corrected chi connectivity index (χ4v) is 4.44. The number of thioether (sulfide) groups is 1. The number of fused-ring (bicyclic) bond motifs is 1. The minimum Gasteiger partial charge on any atom is -0.411 e. The number of nitrogens with zero attached hydrogens (tertiary/aromatic N) is 4. The first-order valence-corrected chi connectivity index (χ1v) is 11.5. The number of aromatic nitrogens is 5. The van der Waals surface area contributed by atoms with Crippen LogP contribution in [-0.4, -0.2) is 35.7 Å². The summed E-state index contributed by atoms with van der Waals surface area (Å²) in [6.07, 6.45) is 1.82. The van der Waals surface area contributed by atoms with Gasteiger partial charge in [0, 0.05) is 24.1 Å². The van der Waals surface area contributed by atoms with Gasteiger partial charge in [0.05, 0.1) is 22.2 Å². The van der Waals surface area contributed by atoms with Gasteiger partial charge in [-0.15, -0.1) is 10.2 Å². The molecular weight excluding hydrogens is 452 g/mol. The van der Waals surface area contributed by atoms with Crippen LogP contribution < -0.4 is 10.9 Å². The molecule has 3 heterocycles. The molecule has 0 aliphatic heterocycles. The molecular formula is C24H22N6O3S. The van der Waals surface area contributed by atoms with E-state index in [1.807, 2.05) is 60.8 Å². The van der Waals surface area contributed by atoms with Crippen LogP contribution in [0.3, 0.4) is 0 Å². The van der Waals surface area contributed by atoms with Crippen molar-refractivity contribution in [3.63, 3.8) is 0 Å². The van der Waals surface area contributed by atoms with Crippen LogP contribution in [0.4, 0.5) is 5.69 Å². The average molecular weight is 475 g/mol. The molecule has 34 heavy (non-hydrogen) atoms. The van der Waals surface area contributed by atoms with Crippen LogP contribution in [-0.2, 0) is 11.8 Å². The molecule has 0 bridgehead atoms. The summed E-state index contributed by atoms with van der Waals surface area (Å²) in [5.74, 6) is 0.0417. The van der Waals surface area contributed by atoms with Gasteiger partial charge in [-0.3, -0.25) is 14.3 Å². The van der Waals surface area contributed by atoms with Gasteiger partial charge in [0.2, 0.25) is 5.91 Å². The summed E-state index contributed by atoms with van der Waals surface area (Å²) >= 11 is 1.14. The Kier molecular flexibility index (Phi) is 5.58. The summed E-state index contributed by atoms with van der Waals surface area (Å²) < 4.78 is 9.05. The van der Waals surface area contributed by atoms with Gasteiger partial charge in [-0.25, -0.2) is 4.68 Å². The highest BCUT2D eigenvalue weighted by Gasteiger charge is 2.23. The van der Waals surface area contributed by atoms with Gasteiger partial charge in [0.15, 0.2) is 0 Å². The average Bonchev–Trinajstić information content (AvgIpc) is 3.53. The fourth-order valence-electron chi connectivity index (χ4n) is 3.76. The first-order chi connectivity index (χ1) is 16.4. The molecule has 0 spiro atoms. The Balaban J connectivity index is 1.33. The number of benzene rings is 2. The molecule has 3 aromatic heterocycles. The normalized spacial score (nSPS) is 12.2. The molecule has 0 saturated heterocycles. The van der Waals surface area contributed by atoms with Crippen molar-refractivity contribution in [1.82, 2.24) is 24.5 Å². The number of amides is 1. The van der Waals surface area contributed by atoms with Crippen LogP contribution >= 0.6 is 11.8 Å². The number of anilines is 1. The fraction of sp³-hybridized carbons (Fsp3) is 0.167. The Bertz CT molecular complexity index is 1550. The van der Waals surface area contributed by atoms with Crippen molar-refractivity contribution >= 4 is 34.3 Å². The van der Waals surface area contributed by atoms with Crippen molar-refractivity contribution in [2.45, 2.75) is 24.3 Å². The summed E-state index contributed by atoms with van der Waals surface area (Å²) in [6, 6.07) is 17.1. The van der Waals surface area contributed by atoms with E-state index in [1.165, 1.54) is 4.68 Å². The van der Waals surface area contributed by atoms with Gasteiger partial charge in [-0.1, -0.05) is 48.2 Å². The van der Waals surface area contributed by atoms with E-state index >= 15 is 0 Å². The van der Waals surface area contributed by atoms with E-state index in [0.717, 1.165) is 33.9 Å². The van der Waals surface area contributed by atoms with Gasteiger partial charge in [-0.05, 0) is 32.0 Å². The monoisotopic (exact) mass is 474 g/mol. The second kappa shape index (κ2) is 8.71. The zero-order chi connectivity index (χ0) is 23.8. The van der Waals surface area contributed by atoms with E-state index in [0.29, 0.717) is 11.6 Å². The maximum absolute atomic E-state index is 13.0. The molecule has 172 valence electrons. The zero-order valence-electron chi connectivity index (χ0n) is 18.8. The van der Waals surface area contributed by atoms with Gasteiger partial charge in [0.1, 0.15) is 5.69 Å². The van der Waals surface area contributed by atoms with Crippen LogP contribution in [0, 0.1) is 6.92 Å². The molecule has 9 nitrogen and oxygen atoms in total. The van der Waals surface area contributed by atoms with E-state index < -0.39 is 5.25 Å². The van der Waals surface area contributed by atoms with Gasteiger partial charge >= 0.3 is 0 Å². The third-order valence-electron chi connectivity index (χ3n) is 5.68.